The van der Waals surface area contributed by atoms with E-state index in [9.17, 15) is 19.2 Å². The molecule has 304 valence electrons. The minimum Gasteiger partial charge on any atom is -0.453 e. The largest absolute Gasteiger partial charge is 0.453 e. The van der Waals surface area contributed by atoms with E-state index in [0.29, 0.717) is 41.5 Å². The van der Waals surface area contributed by atoms with Gasteiger partial charge in [-0.2, -0.15) is 0 Å². The van der Waals surface area contributed by atoms with Crippen LogP contribution in [0.2, 0.25) is 0 Å². The van der Waals surface area contributed by atoms with Crippen LogP contribution < -0.4 is 10.6 Å². The summed E-state index contributed by atoms with van der Waals surface area (Å²) in [7, 11) is 2.56. The van der Waals surface area contributed by atoms with E-state index in [1.807, 2.05) is 68.4 Å². The number of imidazole rings is 2. The van der Waals surface area contributed by atoms with Gasteiger partial charge in [0.2, 0.25) is 5.91 Å². The number of H-pyrrole nitrogens is 2. The van der Waals surface area contributed by atoms with Crippen molar-refractivity contribution in [1.29, 1.82) is 0 Å². The molecule has 2 aliphatic rings. The van der Waals surface area contributed by atoms with Crippen molar-refractivity contribution in [2.45, 2.75) is 63.7 Å². The Morgan fingerprint density at radius 3 is 2.07 bits per heavy atom. The Balaban J connectivity index is 0.987. The van der Waals surface area contributed by atoms with E-state index in [0.717, 1.165) is 59.0 Å². The highest BCUT2D eigenvalue weighted by atomic mass is 16.5. The number of nitrogens with zero attached hydrogens (tertiary/aromatic N) is 5. The fourth-order valence-corrected chi connectivity index (χ4v) is 8.24. The Hall–Kier alpha value is -6.77. The number of aromatic nitrogens is 5. The van der Waals surface area contributed by atoms with Crippen LogP contribution in [0.3, 0.4) is 0 Å². The van der Waals surface area contributed by atoms with Gasteiger partial charge in [0.1, 0.15) is 29.2 Å². The normalized spacial score (nSPS) is 17.6. The quantitative estimate of drug-likeness (QED) is 0.114. The van der Waals surface area contributed by atoms with Crippen LogP contribution in [-0.4, -0.2) is 92.1 Å². The summed E-state index contributed by atoms with van der Waals surface area (Å²) in [5.74, 6) is 0.866. The highest BCUT2D eigenvalue weighted by Crippen LogP contribution is 2.36. The summed E-state index contributed by atoms with van der Waals surface area (Å²) >= 11 is 0. The van der Waals surface area contributed by atoms with Crippen LogP contribution in [0.1, 0.15) is 74.9 Å². The number of ether oxygens (including phenoxy) is 2. The highest BCUT2D eigenvalue weighted by molar-refractivity contribution is 5.91. The zero-order valence-electron chi connectivity index (χ0n) is 33.4. The first-order chi connectivity index (χ1) is 28.6. The lowest BCUT2D eigenvalue weighted by Gasteiger charge is -2.30. The molecule has 6 aromatic rings. The second-order valence-electron chi connectivity index (χ2n) is 15.4. The van der Waals surface area contributed by atoms with Gasteiger partial charge in [-0.15, -0.1) is 0 Å². The summed E-state index contributed by atoms with van der Waals surface area (Å²) in [6.45, 7) is 4.91. The number of pyridine rings is 1. The van der Waals surface area contributed by atoms with E-state index in [2.05, 4.69) is 44.9 Å². The number of hydrogen-bond donors (Lipinski definition) is 4. The van der Waals surface area contributed by atoms with Gasteiger partial charge in [-0.25, -0.2) is 24.5 Å². The molecule has 0 radical (unpaired) electrons. The first-order valence-corrected chi connectivity index (χ1v) is 19.9. The van der Waals surface area contributed by atoms with Gasteiger partial charge in [-0.1, -0.05) is 68.4 Å². The standard InChI is InChI=1S/C44H47N9O6/c1-25(2)36(49-43(56)58-3)41(54)52-20-8-12-34(52)39-45-24-33(48-39)30-17-15-27-22-29(16-14-28(27)23-30)31-18-19-32-38(46-31)51-40(47-32)35-13-9-21-53(35)42(55)37(50-44(57)59-4)26-10-6-5-7-11-26/h5-7,10-11,14-19,22-25,34-37H,8-9,12-13,20-21H2,1-4H3,(H,45,48)(H,49,56)(H,50,57)(H,46,47,51)/t34-,35-,36-,37?/m0/s1. The monoisotopic (exact) mass is 797 g/mol. The number of likely N-dealkylation sites (tertiary alicyclic amines) is 2. The average molecular weight is 798 g/mol. The molecule has 3 aromatic heterocycles. The van der Waals surface area contributed by atoms with Crippen LogP contribution in [0.15, 0.2) is 85.1 Å². The van der Waals surface area contributed by atoms with Crippen LogP contribution in [0.5, 0.6) is 0 Å². The van der Waals surface area contributed by atoms with E-state index >= 15 is 0 Å². The molecule has 3 aromatic carbocycles. The molecular formula is C44H47N9O6. The zero-order valence-corrected chi connectivity index (χ0v) is 33.4. The average Bonchev–Trinajstić information content (AvgIpc) is 4.10. The number of amides is 4. The number of fused-ring (bicyclic) bond motifs is 2. The molecule has 1 unspecified atom stereocenters. The molecule has 59 heavy (non-hydrogen) atoms. The number of benzene rings is 3. The first kappa shape index (κ1) is 39.1. The third kappa shape index (κ3) is 7.92. The van der Waals surface area contributed by atoms with Crippen molar-refractivity contribution in [2.75, 3.05) is 27.3 Å². The Morgan fingerprint density at radius 1 is 0.729 bits per heavy atom. The number of nitrogens with one attached hydrogen (secondary N) is 4. The lowest BCUT2D eigenvalue weighted by atomic mass is 10.0. The fourth-order valence-electron chi connectivity index (χ4n) is 8.24. The number of methoxy groups -OCH3 is 2. The van der Waals surface area contributed by atoms with E-state index in [-0.39, 0.29) is 29.8 Å². The SMILES string of the molecule is COC(=O)NC(C(=O)N1CCC[C@H]1c1nc2ccc(-c3ccc4cc(-c5cnc([C@@H]6CCCN6C(=O)[C@@H](NC(=O)OC)C(C)C)[nH]5)ccc4c3)nc2[nH]1)c1ccccc1. The molecule has 2 saturated heterocycles. The predicted octanol–water partition coefficient (Wildman–Crippen LogP) is 6.97. The van der Waals surface area contributed by atoms with Crippen LogP contribution in [0, 0.1) is 5.92 Å². The number of aromatic amines is 2. The molecule has 4 N–H and O–H groups in total. The van der Waals surface area contributed by atoms with Gasteiger partial charge in [0.15, 0.2) is 5.65 Å². The minimum atomic E-state index is -0.902. The summed E-state index contributed by atoms with van der Waals surface area (Å²) in [5.41, 5.74) is 5.52. The topological polar surface area (TPSA) is 188 Å². The maximum absolute atomic E-state index is 14.0. The van der Waals surface area contributed by atoms with Crippen molar-refractivity contribution in [2.24, 2.45) is 5.92 Å². The van der Waals surface area contributed by atoms with Gasteiger partial charge >= 0.3 is 12.2 Å². The number of carbonyl (C=O) groups is 4. The third-order valence-electron chi connectivity index (χ3n) is 11.3. The van der Waals surface area contributed by atoms with Gasteiger partial charge < -0.3 is 39.9 Å². The Morgan fingerprint density at radius 2 is 1.37 bits per heavy atom. The molecule has 5 heterocycles. The van der Waals surface area contributed by atoms with Crippen molar-refractivity contribution < 1.29 is 28.7 Å². The van der Waals surface area contributed by atoms with Gasteiger partial charge in [-0.3, -0.25) is 9.59 Å². The van der Waals surface area contributed by atoms with Crippen molar-refractivity contribution in [3.63, 3.8) is 0 Å². The molecule has 4 amide bonds. The van der Waals surface area contributed by atoms with Gasteiger partial charge in [-0.05, 0) is 72.2 Å². The molecule has 0 bridgehead atoms. The summed E-state index contributed by atoms with van der Waals surface area (Å²) in [4.78, 5) is 76.8. The molecular weight excluding hydrogens is 751 g/mol. The maximum atomic E-state index is 14.0. The second-order valence-corrected chi connectivity index (χ2v) is 15.4. The van der Waals surface area contributed by atoms with Crippen LogP contribution >= 0.6 is 0 Å². The predicted molar refractivity (Wildman–Crippen MR) is 221 cm³/mol. The second kappa shape index (κ2) is 16.6. The molecule has 0 saturated carbocycles. The van der Waals surface area contributed by atoms with Gasteiger partial charge in [0.25, 0.3) is 5.91 Å². The lowest BCUT2D eigenvalue weighted by molar-refractivity contribution is -0.135. The van der Waals surface area contributed by atoms with Crippen LogP contribution in [0.4, 0.5) is 9.59 Å². The maximum Gasteiger partial charge on any atom is 0.407 e. The summed E-state index contributed by atoms with van der Waals surface area (Å²) < 4.78 is 9.60. The molecule has 2 fully saturated rings. The Bertz CT molecular complexity index is 2520. The summed E-state index contributed by atoms with van der Waals surface area (Å²) in [6.07, 6.45) is 3.62. The molecule has 0 aliphatic carbocycles. The highest BCUT2D eigenvalue weighted by Gasteiger charge is 2.39. The lowest BCUT2D eigenvalue weighted by Crippen LogP contribution is -2.51. The Labute approximate surface area is 340 Å². The number of alkyl carbamates (subject to hydrolysis) is 2. The molecule has 8 rings (SSSR count). The van der Waals surface area contributed by atoms with Gasteiger partial charge in [0.05, 0.1) is 43.9 Å². The van der Waals surface area contributed by atoms with E-state index in [4.69, 9.17) is 24.4 Å². The van der Waals surface area contributed by atoms with Crippen LogP contribution in [-0.2, 0) is 19.1 Å². The van der Waals surface area contributed by atoms with Crippen molar-refractivity contribution in [1.82, 2.24) is 45.4 Å². The number of carbonyl (C=O) groups excluding carboxylic acids is 4. The first-order valence-electron chi connectivity index (χ1n) is 19.9. The van der Waals surface area contributed by atoms with E-state index < -0.39 is 24.3 Å². The fraction of sp³-hybridized carbons (Fsp3) is 0.341. The molecule has 15 nitrogen and oxygen atoms in total. The number of hydrogen-bond acceptors (Lipinski definition) is 9. The molecule has 4 atom stereocenters. The molecule has 2 aliphatic heterocycles. The van der Waals surface area contributed by atoms with E-state index in [1.165, 1.54) is 14.2 Å². The zero-order chi connectivity index (χ0) is 41.2. The third-order valence-corrected chi connectivity index (χ3v) is 11.3. The summed E-state index contributed by atoms with van der Waals surface area (Å²) in [5, 5.41) is 7.49. The smallest absolute Gasteiger partial charge is 0.407 e. The van der Waals surface area contributed by atoms with Gasteiger partial charge in [0, 0.05) is 24.2 Å². The molecule has 15 heteroatoms. The molecule has 0 spiro atoms. The summed E-state index contributed by atoms with van der Waals surface area (Å²) in [6, 6.07) is 23.3. The van der Waals surface area contributed by atoms with Crippen molar-refractivity contribution >= 4 is 45.9 Å². The van der Waals surface area contributed by atoms with Crippen molar-refractivity contribution in [3.8, 4) is 22.5 Å². The minimum absolute atomic E-state index is 0.115. The van der Waals surface area contributed by atoms with E-state index in [1.54, 1.807) is 16.0 Å². The number of rotatable bonds is 10. The Kier molecular flexibility index (Phi) is 11.0. The van der Waals surface area contributed by atoms with Crippen LogP contribution in [0.25, 0.3) is 44.5 Å². The van der Waals surface area contributed by atoms with Crippen molar-refractivity contribution in [3.05, 3.63) is 102 Å².